The Morgan fingerprint density at radius 3 is 2.34 bits per heavy atom. The summed E-state index contributed by atoms with van der Waals surface area (Å²) >= 11 is 6.34. The van der Waals surface area contributed by atoms with Crippen LogP contribution >= 0.6 is 11.6 Å². The van der Waals surface area contributed by atoms with Crippen molar-refractivity contribution in [1.82, 2.24) is 9.97 Å². The zero-order valence-electron chi connectivity index (χ0n) is 21.5. The number of rotatable bonds is 9. The lowest BCUT2D eigenvalue weighted by Gasteiger charge is -2.18. The first kappa shape index (κ1) is 26.6. The van der Waals surface area contributed by atoms with Crippen LogP contribution in [-0.4, -0.2) is 28.8 Å². The molecule has 1 heterocycles. The van der Waals surface area contributed by atoms with Gasteiger partial charge in [0.05, 0.1) is 30.2 Å². The van der Waals surface area contributed by atoms with Gasteiger partial charge in [0.1, 0.15) is 10.8 Å². The van der Waals surface area contributed by atoms with Crippen molar-refractivity contribution in [3.05, 3.63) is 88.6 Å². The van der Waals surface area contributed by atoms with E-state index in [1.807, 2.05) is 51.1 Å². The Labute approximate surface area is 226 Å². The van der Waals surface area contributed by atoms with Crippen molar-refractivity contribution in [3.63, 3.8) is 0 Å². The van der Waals surface area contributed by atoms with Crippen LogP contribution in [0.1, 0.15) is 40.1 Å². The van der Waals surface area contributed by atoms with Crippen LogP contribution in [0.2, 0.25) is 5.02 Å². The molecule has 38 heavy (non-hydrogen) atoms. The minimum Gasteiger partial charge on any atom is -0.495 e. The van der Waals surface area contributed by atoms with Crippen LogP contribution in [0.25, 0.3) is 11.1 Å². The molecular weight excluding hydrogens is 502 g/mol. The molecule has 0 aliphatic heterocycles. The second-order valence-corrected chi connectivity index (χ2v) is 9.44. The lowest BCUT2D eigenvalue weighted by molar-refractivity contribution is 0.0939. The molecule has 4 rings (SSSR count). The molecule has 0 unspecified atom stereocenters. The van der Waals surface area contributed by atoms with Crippen LogP contribution in [0.15, 0.2) is 66.9 Å². The molecular formula is C29H28ClN5O3. The number of aromatic nitrogens is 2. The number of para-hydroxylation sites is 1. The number of anilines is 4. The van der Waals surface area contributed by atoms with Crippen LogP contribution in [-0.2, 0) is 0 Å². The van der Waals surface area contributed by atoms with Gasteiger partial charge in [-0.15, -0.1) is 0 Å². The number of hydrogen-bond acceptors (Lipinski definition) is 7. The van der Waals surface area contributed by atoms with Crippen LogP contribution in [0.5, 0.6) is 5.75 Å². The first-order valence-electron chi connectivity index (χ1n) is 12.0. The third-order valence-electron chi connectivity index (χ3n) is 5.93. The molecule has 4 aromatic rings. The zero-order valence-corrected chi connectivity index (χ0v) is 22.3. The molecule has 0 aliphatic rings. The average Bonchev–Trinajstić information content (AvgIpc) is 2.90. The number of nitrogens with zero attached hydrogens (tertiary/aromatic N) is 2. The van der Waals surface area contributed by atoms with Crippen molar-refractivity contribution in [2.24, 2.45) is 11.7 Å². The summed E-state index contributed by atoms with van der Waals surface area (Å²) in [6.07, 6.45) is 1.43. The molecule has 3 aromatic carbocycles. The van der Waals surface area contributed by atoms with Crippen LogP contribution in [0.4, 0.5) is 23.1 Å². The third-order valence-corrected chi connectivity index (χ3v) is 6.20. The molecule has 0 saturated heterocycles. The molecule has 0 spiro atoms. The minimum absolute atomic E-state index is 0.00582. The van der Waals surface area contributed by atoms with E-state index in [0.29, 0.717) is 28.3 Å². The number of primary amides is 1. The van der Waals surface area contributed by atoms with E-state index in [1.54, 1.807) is 37.4 Å². The number of methoxy groups -OCH3 is 1. The number of carbonyl (C=O) groups excluding carboxylic acids is 2. The van der Waals surface area contributed by atoms with Crippen molar-refractivity contribution in [2.75, 3.05) is 17.7 Å². The van der Waals surface area contributed by atoms with E-state index in [4.69, 9.17) is 22.1 Å². The fourth-order valence-electron chi connectivity index (χ4n) is 3.90. The van der Waals surface area contributed by atoms with E-state index in [2.05, 4.69) is 20.6 Å². The lowest BCUT2D eigenvalue weighted by atomic mass is 9.91. The highest BCUT2D eigenvalue weighted by Gasteiger charge is 2.21. The molecule has 0 aliphatic carbocycles. The Balaban J connectivity index is 1.75. The summed E-state index contributed by atoms with van der Waals surface area (Å²) in [6.45, 7) is 5.74. The number of hydrogen-bond donors (Lipinski definition) is 3. The fraction of sp³-hybridized carbons (Fsp3) is 0.172. The maximum Gasteiger partial charge on any atom is 0.250 e. The van der Waals surface area contributed by atoms with Crippen LogP contribution in [0, 0.1) is 12.8 Å². The van der Waals surface area contributed by atoms with Crippen molar-refractivity contribution in [1.29, 1.82) is 0 Å². The number of ether oxygens (including phenoxy) is 1. The first-order valence-corrected chi connectivity index (χ1v) is 12.3. The molecule has 0 atom stereocenters. The number of nitrogens with one attached hydrogen (secondary N) is 2. The number of amides is 1. The van der Waals surface area contributed by atoms with Crippen molar-refractivity contribution >= 4 is 46.4 Å². The van der Waals surface area contributed by atoms with E-state index >= 15 is 0 Å². The topological polar surface area (TPSA) is 119 Å². The molecule has 8 nitrogen and oxygen atoms in total. The summed E-state index contributed by atoms with van der Waals surface area (Å²) in [4.78, 5) is 33.8. The van der Waals surface area contributed by atoms with Gasteiger partial charge in [0.15, 0.2) is 11.6 Å². The third kappa shape index (κ3) is 5.76. The number of aryl methyl sites for hydroxylation is 1. The second-order valence-electron chi connectivity index (χ2n) is 9.03. The molecule has 0 radical (unpaired) electrons. The van der Waals surface area contributed by atoms with Gasteiger partial charge in [0.2, 0.25) is 5.95 Å². The number of ketones is 1. The Morgan fingerprint density at radius 1 is 0.974 bits per heavy atom. The summed E-state index contributed by atoms with van der Waals surface area (Å²) in [7, 11) is 1.56. The summed E-state index contributed by atoms with van der Waals surface area (Å²) in [5, 5.41) is 6.44. The molecule has 0 saturated carbocycles. The maximum atomic E-state index is 13.2. The number of halogens is 1. The Morgan fingerprint density at radius 2 is 1.68 bits per heavy atom. The van der Waals surface area contributed by atoms with Crippen LogP contribution < -0.4 is 21.1 Å². The quantitative estimate of drug-likeness (QED) is 0.210. The molecule has 1 amide bonds. The summed E-state index contributed by atoms with van der Waals surface area (Å²) < 4.78 is 5.67. The van der Waals surface area contributed by atoms with Gasteiger partial charge in [-0.1, -0.05) is 67.4 Å². The number of benzene rings is 3. The molecule has 0 bridgehead atoms. The van der Waals surface area contributed by atoms with Gasteiger partial charge >= 0.3 is 0 Å². The maximum absolute atomic E-state index is 13.2. The van der Waals surface area contributed by atoms with E-state index in [9.17, 15) is 9.59 Å². The SMILES string of the molecule is COc1cc(-c2ccc(C)cc2)c(C(=O)C(C)C)cc1Nc1ncc(Cl)c(Nc2ccccc2C(N)=O)n1. The first-order chi connectivity index (χ1) is 18.2. The molecule has 4 N–H and O–H groups in total. The van der Waals surface area contributed by atoms with E-state index in [0.717, 1.165) is 16.7 Å². The van der Waals surface area contributed by atoms with Gasteiger partial charge in [0, 0.05) is 11.5 Å². The molecule has 1 aromatic heterocycles. The number of Topliss-reactive ketones (excluding diaryl/α,β-unsaturated/α-hetero) is 1. The molecule has 194 valence electrons. The highest BCUT2D eigenvalue weighted by atomic mass is 35.5. The normalized spacial score (nSPS) is 10.8. The predicted octanol–water partition coefficient (Wildman–Crippen LogP) is 6.54. The van der Waals surface area contributed by atoms with E-state index < -0.39 is 5.91 Å². The Hall–Kier alpha value is -4.43. The zero-order chi connectivity index (χ0) is 27.4. The smallest absolute Gasteiger partial charge is 0.250 e. The summed E-state index contributed by atoms with van der Waals surface area (Å²) in [5.74, 6) is 0.178. The van der Waals surface area contributed by atoms with Gasteiger partial charge in [-0.25, -0.2) is 4.98 Å². The largest absolute Gasteiger partial charge is 0.495 e. The van der Waals surface area contributed by atoms with E-state index in [-0.39, 0.29) is 28.5 Å². The van der Waals surface area contributed by atoms with E-state index in [1.165, 1.54) is 6.20 Å². The van der Waals surface area contributed by atoms with Gasteiger partial charge < -0.3 is 21.1 Å². The second kappa shape index (κ2) is 11.3. The fourth-order valence-corrected chi connectivity index (χ4v) is 4.04. The molecule has 9 heteroatoms. The molecule has 0 fully saturated rings. The summed E-state index contributed by atoms with van der Waals surface area (Å²) in [6, 6.07) is 18.3. The monoisotopic (exact) mass is 529 g/mol. The highest BCUT2D eigenvalue weighted by molar-refractivity contribution is 6.33. The van der Waals surface area contributed by atoms with Crippen molar-refractivity contribution in [3.8, 4) is 16.9 Å². The lowest BCUT2D eigenvalue weighted by Crippen LogP contribution is -2.13. The van der Waals surface area contributed by atoms with Gasteiger partial charge in [-0.05, 0) is 42.3 Å². The van der Waals surface area contributed by atoms with Crippen molar-refractivity contribution in [2.45, 2.75) is 20.8 Å². The average molecular weight is 530 g/mol. The van der Waals surface area contributed by atoms with Gasteiger partial charge in [-0.2, -0.15) is 4.98 Å². The number of nitrogens with two attached hydrogens (primary N) is 1. The van der Waals surface area contributed by atoms with Gasteiger partial charge in [-0.3, -0.25) is 9.59 Å². The highest BCUT2D eigenvalue weighted by Crippen LogP contribution is 2.37. The summed E-state index contributed by atoms with van der Waals surface area (Å²) in [5.41, 5.74) is 10.1. The van der Waals surface area contributed by atoms with Gasteiger partial charge in [0.25, 0.3) is 5.91 Å². The Kier molecular flexibility index (Phi) is 7.93. The number of carbonyl (C=O) groups is 2. The van der Waals surface area contributed by atoms with Crippen molar-refractivity contribution < 1.29 is 14.3 Å². The minimum atomic E-state index is -0.586. The standard InChI is InChI=1S/C29H28ClN5O3/c1-16(2)26(36)21-13-24(25(38-4)14-20(21)18-11-9-17(3)10-12-18)34-29-32-15-22(30)28(35-29)33-23-8-6-5-7-19(23)27(31)37/h5-16H,1-4H3,(H2,31,37)(H2,32,33,34,35). The predicted molar refractivity (Wildman–Crippen MR) is 151 cm³/mol. The Bertz CT molecular complexity index is 1500. The van der Waals surface area contributed by atoms with Crippen LogP contribution in [0.3, 0.4) is 0 Å².